The molecule has 0 fully saturated rings. The summed E-state index contributed by atoms with van der Waals surface area (Å²) < 4.78 is 5.01. The third-order valence-electron chi connectivity index (χ3n) is 1.35. The molecule has 0 N–H and O–H groups in total. The molecule has 0 spiro atoms. The number of hydrogen-bond acceptors (Lipinski definition) is 3. The van der Waals surface area contributed by atoms with Gasteiger partial charge in [-0.2, -0.15) is 0 Å². The minimum atomic E-state index is -0.423. The van der Waals surface area contributed by atoms with E-state index in [9.17, 15) is 9.90 Å². The molecule has 3 nitrogen and oxygen atoms in total. The van der Waals surface area contributed by atoms with E-state index in [0.29, 0.717) is 9.13 Å². The van der Waals surface area contributed by atoms with E-state index in [4.69, 9.17) is 0 Å². The second-order valence-electron chi connectivity index (χ2n) is 2.14. The summed E-state index contributed by atoms with van der Waals surface area (Å²) in [6.07, 6.45) is 0. The second kappa shape index (κ2) is 3.75. The van der Waals surface area contributed by atoms with Gasteiger partial charge >= 0.3 is 5.97 Å². The van der Waals surface area contributed by atoms with Crippen LogP contribution < -0.4 is 5.11 Å². The molecule has 0 aliphatic heterocycles. The lowest BCUT2D eigenvalue weighted by atomic mass is 10.2. The molecule has 0 unspecified atom stereocenters. The van der Waals surface area contributed by atoms with Gasteiger partial charge in [-0.1, -0.05) is 11.8 Å². The number of hydrogen-bond donors (Lipinski definition) is 0. The van der Waals surface area contributed by atoms with Gasteiger partial charge in [0.25, 0.3) is 0 Å². The maximum Gasteiger partial charge on any atom is 0.337 e. The lowest BCUT2D eigenvalue weighted by molar-refractivity contribution is -0.269. The zero-order valence-corrected chi connectivity index (χ0v) is 8.49. The summed E-state index contributed by atoms with van der Waals surface area (Å²) in [6.45, 7) is 0. The Bertz CT molecular complexity index is 309. The molecular formula is C8H6IO3-. The van der Waals surface area contributed by atoms with E-state index in [0.717, 1.165) is 0 Å². The highest BCUT2D eigenvalue weighted by molar-refractivity contribution is 14.1. The Labute approximate surface area is 83.5 Å². The third kappa shape index (κ3) is 1.88. The Kier molecular flexibility index (Phi) is 2.91. The molecule has 0 atom stereocenters. The summed E-state index contributed by atoms with van der Waals surface area (Å²) in [4.78, 5) is 10.9. The number of benzene rings is 1. The molecule has 0 aliphatic carbocycles. The summed E-state index contributed by atoms with van der Waals surface area (Å²) >= 11 is 1.88. The van der Waals surface area contributed by atoms with Crippen LogP contribution in [0.2, 0.25) is 0 Å². The highest BCUT2D eigenvalue weighted by Gasteiger charge is 2.04. The first-order chi connectivity index (χ1) is 5.65. The predicted octanol–water partition coefficient (Wildman–Crippen LogP) is 1.15. The predicted molar refractivity (Wildman–Crippen MR) is 49.9 cm³/mol. The van der Waals surface area contributed by atoms with Gasteiger partial charge in [-0.15, -0.1) is 0 Å². The number of ether oxygens (including phenoxy) is 1. The van der Waals surface area contributed by atoms with Crippen molar-refractivity contribution in [1.82, 2.24) is 0 Å². The molecule has 12 heavy (non-hydrogen) atoms. The van der Waals surface area contributed by atoms with E-state index in [2.05, 4.69) is 4.74 Å². The van der Waals surface area contributed by atoms with Crippen LogP contribution in [0.25, 0.3) is 0 Å². The molecule has 0 bridgehead atoms. The van der Waals surface area contributed by atoms with Gasteiger partial charge in [0, 0.05) is 3.57 Å². The van der Waals surface area contributed by atoms with Gasteiger partial charge in [-0.25, -0.2) is 4.79 Å². The monoisotopic (exact) mass is 277 g/mol. The first-order valence-electron chi connectivity index (χ1n) is 3.20. The number of rotatable bonds is 1. The molecule has 0 aromatic heterocycles. The number of halogens is 1. The minimum absolute atomic E-state index is 0.0803. The van der Waals surface area contributed by atoms with Crippen molar-refractivity contribution in [2.75, 3.05) is 7.11 Å². The van der Waals surface area contributed by atoms with Gasteiger partial charge in [-0.05, 0) is 34.7 Å². The van der Waals surface area contributed by atoms with E-state index in [1.54, 1.807) is 0 Å². The van der Waals surface area contributed by atoms with E-state index in [1.807, 2.05) is 22.6 Å². The standard InChI is InChI=1S/C8H7IO3/c1-12-8(11)5-2-3-7(10)6(9)4-5/h2-4,10H,1H3/p-1. The van der Waals surface area contributed by atoms with Crippen LogP contribution in [0.4, 0.5) is 0 Å². The fourth-order valence-corrected chi connectivity index (χ4v) is 1.26. The summed E-state index contributed by atoms with van der Waals surface area (Å²) in [5, 5.41) is 10.9. The second-order valence-corrected chi connectivity index (χ2v) is 3.30. The average molecular weight is 277 g/mol. The summed E-state index contributed by atoms with van der Waals surface area (Å²) in [5.74, 6) is -0.504. The molecule has 0 saturated carbocycles. The van der Waals surface area contributed by atoms with Crippen molar-refractivity contribution in [1.29, 1.82) is 0 Å². The van der Waals surface area contributed by atoms with E-state index < -0.39 is 5.97 Å². The zero-order valence-electron chi connectivity index (χ0n) is 6.33. The van der Waals surface area contributed by atoms with Crippen LogP contribution in [0.15, 0.2) is 18.2 Å². The van der Waals surface area contributed by atoms with Gasteiger partial charge in [0.2, 0.25) is 0 Å². The van der Waals surface area contributed by atoms with Gasteiger partial charge in [-0.3, -0.25) is 0 Å². The van der Waals surface area contributed by atoms with Crippen molar-refractivity contribution in [3.63, 3.8) is 0 Å². The van der Waals surface area contributed by atoms with Gasteiger partial charge in [0.15, 0.2) is 0 Å². The zero-order chi connectivity index (χ0) is 9.14. The highest BCUT2D eigenvalue weighted by Crippen LogP contribution is 2.17. The van der Waals surface area contributed by atoms with Crippen LogP contribution in [0, 0.1) is 3.57 Å². The molecule has 0 saturated heterocycles. The Morgan fingerprint density at radius 2 is 2.25 bits per heavy atom. The smallest absolute Gasteiger partial charge is 0.337 e. The molecule has 0 aliphatic rings. The van der Waals surface area contributed by atoms with Crippen LogP contribution in [0.3, 0.4) is 0 Å². The van der Waals surface area contributed by atoms with Crippen molar-refractivity contribution < 1.29 is 14.6 Å². The molecule has 0 heterocycles. The van der Waals surface area contributed by atoms with Crippen molar-refractivity contribution in [2.24, 2.45) is 0 Å². The van der Waals surface area contributed by atoms with Crippen LogP contribution in [-0.4, -0.2) is 13.1 Å². The fraction of sp³-hybridized carbons (Fsp3) is 0.125. The molecule has 64 valence electrons. The lowest BCUT2D eigenvalue weighted by Crippen LogP contribution is -2.02. The van der Waals surface area contributed by atoms with Crippen LogP contribution in [0.5, 0.6) is 5.75 Å². The minimum Gasteiger partial charge on any atom is -0.872 e. The van der Waals surface area contributed by atoms with Crippen molar-refractivity contribution in [3.05, 3.63) is 27.3 Å². The largest absolute Gasteiger partial charge is 0.872 e. The SMILES string of the molecule is COC(=O)c1ccc([O-])c(I)c1. The summed E-state index contributed by atoms with van der Waals surface area (Å²) in [6, 6.07) is 4.32. The summed E-state index contributed by atoms with van der Waals surface area (Å²) in [5.41, 5.74) is 0.404. The highest BCUT2D eigenvalue weighted by atomic mass is 127. The molecule has 1 aromatic rings. The lowest BCUT2D eigenvalue weighted by Gasteiger charge is -2.08. The molecule has 1 aromatic carbocycles. The van der Waals surface area contributed by atoms with Crippen LogP contribution in [-0.2, 0) is 4.74 Å². The first-order valence-corrected chi connectivity index (χ1v) is 4.28. The normalized spacial score (nSPS) is 9.50. The molecule has 0 amide bonds. The number of esters is 1. The number of carbonyl (C=O) groups excluding carboxylic acids is 1. The number of carbonyl (C=O) groups is 1. The fourth-order valence-electron chi connectivity index (χ4n) is 0.746. The van der Waals surface area contributed by atoms with Gasteiger partial charge < -0.3 is 9.84 Å². The quantitative estimate of drug-likeness (QED) is 0.571. The first kappa shape index (κ1) is 9.31. The average Bonchev–Trinajstić information content (AvgIpc) is 2.08. The van der Waals surface area contributed by atoms with Crippen LogP contribution >= 0.6 is 22.6 Å². The maximum atomic E-state index is 10.9. The van der Waals surface area contributed by atoms with Gasteiger partial charge in [0.1, 0.15) is 0 Å². The Hall–Kier alpha value is -0.780. The van der Waals surface area contributed by atoms with Crippen LogP contribution in [0.1, 0.15) is 10.4 Å². The molecule has 1 rings (SSSR count). The molecular weight excluding hydrogens is 271 g/mol. The third-order valence-corrected chi connectivity index (χ3v) is 2.20. The topological polar surface area (TPSA) is 49.4 Å². The Balaban J connectivity index is 3.05. The Morgan fingerprint density at radius 1 is 1.58 bits per heavy atom. The molecule has 4 heteroatoms. The van der Waals surface area contributed by atoms with Crippen molar-refractivity contribution >= 4 is 28.6 Å². The number of methoxy groups -OCH3 is 1. The van der Waals surface area contributed by atoms with E-state index in [1.165, 1.54) is 25.3 Å². The maximum absolute atomic E-state index is 10.9. The van der Waals surface area contributed by atoms with E-state index in [-0.39, 0.29) is 5.75 Å². The summed E-state index contributed by atoms with van der Waals surface area (Å²) in [7, 11) is 1.31. The van der Waals surface area contributed by atoms with Crippen molar-refractivity contribution in [3.8, 4) is 5.75 Å². The van der Waals surface area contributed by atoms with Crippen molar-refractivity contribution in [2.45, 2.75) is 0 Å². The van der Waals surface area contributed by atoms with Gasteiger partial charge in [0.05, 0.1) is 12.7 Å². The molecule has 0 radical (unpaired) electrons. The van der Waals surface area contributed by atoms with E-state index >= 15 is 0 Å². The Morgan fingerprint density at radius 3 is 2.75 bits per heavy atom.